The van der Waals surface area contributed by atoms with Crippen LogP contribution in [0.15, 0.2) is 84.9 Å². The molecule has 0 heterocycles. The normalized spacial score (nSPS) is 12.7. The molecule has 192 valence electrons. The van der Waals surface area contributed by atoms with Crippen LogP contribution in [0.5, 0.6) is 5.75 Å². The molecule has 0 aromatic heterocycles. The second-order valence-corrected chi connectivity index (χ2v) is 14.5. The SMILES string of the molecule is COc1ccc(C(CCCCCO[Si](c2ccccc2)(c2ccccc2)C(C)(C)C)OC(C)=O)cc1. The van der Waals surface area contributed by atoms with Crippen molar-refractivity contribution in [3.8, 4) is 5.75 Å². The number of carbonyl (C=O) groups is 1. The summed E-state index contributed by atoms with van der Waals surface area (Å²) in [5.41, 5.74) is 0.995. The Bertz CT molecular complexity index is 1020. The number of benzene rings is 3. The Morgan fingerprint density at radius 1 is 0.806 bits per heavy atom. The molecule has 0 saturated carbocycles. The van der Waals surface area contributed by atoms with Crippen LogP contribution in [0.1, 0.15) is 65.0 Å². The zero-order chi connectivity index (χ0) is 26.0. The molecule has 5 heteroatoms. The molecule has 0 spiro atoms. The lowest BCUT2D eigenvalue weighted by Gasteiger charge is -2.43. The van der Waals surface area contributed by atoms with Crippen molar-refractivity contribution in [3.63, 3.8) is 0 Å². The van der Waals surface area contributed by atoms with Crippen molar-refractivity contribution in [1.29, 1.82) is 0 Å². The summed E-state index contributed by atoms with van der Waals surface area (Å²) in [7, 11) is -0.850. The van der Waals surface area contributed by atoms with E-state index in [-0.39, 0.29) is 17.1 Å². The topological polar surface area (TPSA) is 44.8 Å². The summed E-state index contributed by atoms with van der Waals surface area (Å²) in [4.78, 5) is 11.7. The molecule has 1 unspecified atom stereocenters. The van der Waals surface area contributed by atoms with E-state index in [1.54, 1.807) is 7.11 Å². The second kappa shape index (κ2) is 12.9. The standard InChI is InChI=1S/C31H40O4Si/c1-25(32)35-30(26-20-22-27(33-5)23-21-26)19-13-8-14-24-34-36(31(2,3)4,28-15-9-6-10-16-28)29-17-11-7-12-18-29/h6-7,9-12,15-18,20-23,30H,8,13-14,19,24H2,1-5H3. The first kappa shape index (κ1) is 27.7. The summed E-state index contributed by atoms with van der Waals surface area (Å²) in [6, 6.07) is 29.2. The zero-order valence-corrected chi connectivity index (χ0v) is 23.3. The monoisotopic (exact) mass is 504 g/mol. The van der Waals surface area contributed by atoms with E-state index in [2.05, 4.69) is 81.4 Å². The number of ether oxygens (including phenoxy) is 2. The van der Waals surface area contributed by atoms with Crippen LogP contribution in [0, 0.1) is 0 Å². The van der Waals surface area contributed by atoms with E-state index in [9.17, 15) is 4.79 Å². The van der Waals surface area contributed by atoms with Crippen molar-refractivity contribution < 1.29 is 18.7 Å². The van der Waals surface area contributed by atoms with Crippen LogP contribution < -0.4 is 15.1 Å². The van der Waals surface area contributed by atoms with Crippen molar-refractivity contribution in [2.24, 2.45) is 0 Å². The Morgan fingerprint density at radius 2 is 1.36 bits per heavy atom. The molecule has 3 aromatic carbocycles. The lowest BCUT2D eigenvalue weighted by Crippen LogP contribution is -2.66. The summed E-state index contributed by atoms with van der Waals surface area (Å²) in [5, 5.41) is 2.58. The Hall–Kier alpha value is -2.89. The maximum absolute atomic E-state index is 11.7. The van der Waals surface area contributed by atoms with Crippen molar-refractivity contribution in [3.05, 3.63) is 90.5 Å². The predicted octanol–water partition coefficient (Wildman–Crippen LogP) is 6.44. The molecule has 3 rings (SSSR count). The Balaban J connectivity index is 1.66. The van der Waals surface area contributed by atoms with Crippen molar-refractivity contribution >= 4 is 24.7 Å². The van der Waals surface area contributed by atoms with Crippen molar-refractivity contribution in [1.82, 2.24) is 0 Å². The van der Waals surface area contributed by atoms with Gasteiger partial charge in [-0.1, -0.05) is 100.0 Å². The first-order chi connectivity index (χ1) is 17.3. The van der Waals surface area contributed by atoms with Gasteiger partial charge in [-0.3, -0.25) is 4.79 Å². The van der Waals surface area contributed by atoms with Gasteiger partial charge in [0, 0.05) is 13.5 Å². The third-order valence-corrected chi connectivity index (χ3v) is 11.7. The first-order valence-electron chi connectivity index (χ1n) is 12.8. The van der Waals surface area contributed by atoms with Crippen LogP contribution in [0.3, 0.4) is 0 Å². The maximum Gasteiger partial charge on any atom is 0.303 e. The average Bonchev–Trinajstić information content (AvgIpc) is 2.88. The summed E-state index contributed by atoms with van der Waals surface area (Å²) < 4.78 is 17.9. The van der Waals surface area contributed by atoms with Crippen molar-refractivity contribution in [2.75, 3.05) is 13.7 Å². The molecule has 0 N–H and O–H groups in total. The van der Waals surface area contributed by atoms with E-state index in [1.807, 2.05) is 24.3 Å². The van der Waals surface area contributed by atoms with Gasteiger partial charge in [0.15, 0.2) is 0 Å². The highest BCUT2D eigenvalue weighted by atomic mass is 28.4. The molecule has 0 radical (unpaired) electrons. The molecular formula is C31H40O4Si. The van der Waals surface area contributed by atoms with Gasteiger partial charge in [0.1, 0.15) is 11.9 Å². The summed E-state index contributed by atoms with van der Waals surface area (Å²) in [6.07, 6.45) is 3.46. The Labute approximate surface area is 217 Å². The summed E-state index contributed by atoms with van der Waals surface area (Å²) in [5.74, 6) is 0.534. The van der Waals surface area contributed by atoms with Crippen molar-refractivity contribution in [2.45, 2.75) is 64.5 Å². The van der Waals surface area contributed by atoms with Gasteiger partial charge < -0.3 is 13.9 Å². The molecule has 0 bridgehead atoms. The molecule has 1 atom stereocenters. The van der Waals surface area contributed by atoms with Gasteiger partial charge in [0.05, 0.1) is 7.11 Å². The number of hydrogen-bond acceptors (Lipinski definition) is 4. The van der Waals surface area contributed by atoms with Crippen LogP contribution in [-0.4, -0.2) is 28.0 Å². The molecule has 0 aliphatic carbocycles. The highest BCUT2D eigenvalue weighted by Gasteiger charge is 2.49. The van der Waals surface area contributed by atoms with Crippen LogP contribution in [0.4, 0.5) is 0 Å². The first-order valence-corrected chi connectivity index (χ1v) is 14.7. The van der Waals surface area contributed by atoms with Gasteiger partial charge in [-0.15, -0.1) is 0 Å². The minimum absolute atomic E-state index is 0.0233. The fourth-order valence-electron chi connectivity index (χ4n) is 4.91. The highest BCUT2D eigenvalue weighted by Crippen LogP contribution is 2.37. The van der Waals surface area contributed by atoms with Gasteiger partial charge in [0.2, 0.25) is 0 Å². The van der Waals surface area contributed by atoms with Gasteiger partial charge in [-0.2, -0.15) is 0 Å². The summed E-state index contributed by atoms with van der Waals surface area (Å²) in [6.45, 7) is 9.08. The van der Waals surface area contributed by atoms with E-state index < -0.39 is 8.32 Å². The summed E-state index contributed by atoms with van der Waals surface area (Å²) >= 11 is 0. The van der Waals surface area contributed by atoms with Gasteiger partial charge in [-0.05, 0) is 52.4 Å². The Morgan fingerprint density at radius 3 is 1.83 bits per heavy atom. The number of esters is 1. The van der Waals surface area contributed by atoms with Gasteiger partial charge >= 0.3 is 5.97 Å². The number of unbranched alkanes of at least 4 members (excludes halogenated alkanes) is 2. The lowest BCUT2D eigenvalue weighted by atomic mass is 10.0. The van der Waals surface area contributed by atoms with Crippen LogP contribution in [0.2, 0.25) is 5.04 Å². The minimum Gasteiger partial charge on any atom is -0.497 e. The fourth-order valence-corrected chi connectivity index (χ4v) is 9.51. The molecular weight excluding hydrogens is 464 g/mol. The van der Waals surface area contributed by atoms with Crippen LogP contribution in [-0.2, 0) is 14.0 Å². The van der Waals surface area contributed by atoms with Gasteiger partial charge in [-0.25, -0.2) is 0 Å². The molecule has 3 aromatic rings. The minimum atomic E-state index is -2.50. The zero-order valence-electron chi connectivity index (χ0n) is 22.3. The van der Waals surface area contributed by atoms with E-state index in [0.29, 0.717) is 6.61 Å². The predicted molar refractivity (Wildman–Crippen MR) is 150 cm³/mol. The smallest absolute Gasteiger partial charge is 0.303 e. The largest absolute Gasteiger partial charge is 0.497 e. The third-order valence-electron chi connectivity index (χ3n) is 6.64. The fraction of sp³-hybridized carbons (Fsp3) is 0.387. The van der Waals surface area contributed by atoms with Gasteiger partial charge in [0.25, 0.3) is 8.32 Å². The quantitative estimate of drug-likeness (QED) is 0.162. The Kier molecular flexibility index (Phi) is 9.91. The average molecular weight is 505 g/mol. The van der Waals surface area contributed by atoms with E-state index in [0.717, 1.165) is 37.0 Å². The molecule has 0 amide bonds. The molecule has 36 heavy (non-hydrogen) atoms. The second-order valence-electron chi connectivity index (χ2n) is 10.2. The maximum atomic E-state index is 11.7. The number of carbonyl (C=O) groups excluding carboxylic acids is 1. The highest BCUT2D eigenvalue weighted by molar-refractivity contribution is 6.99. The number of rotatable bonds is 12. The third kappa shape index (κ3) is 6.86. The lowest BCUT2D eigenvalue weighted by molar-refractivity contribution is -0.147. The number of hydrogen-bond donors (Lipinski definition) is 0. The van der Waals surface area contributed by atoms with Crippen LogP contribution in [0.25, 0.3) is 0 Å². The molecule has 0 aliphatic heterocycles. The van der Waals surface area contributed by atoms with E-state index in [1.165, 1.54) is 17.3 Å². The molecule has 4 nitrogen and oxygen atoms in total. The van der Waals surface area contributed by atoms with Crippen LogP contribution >= 0.6 is 0 Å². The molecule has 0 saturated heterocycles. The molecule has 0 fully saturated rings. The molecule has 0 aliphatic rings. The van der Waals surface area contributed by atoms with E-state index in [4.69, 9.17) is 13.9 Å². The number of methoxy groups -OCH3 is 1. The van der Waals surface area contributed by atoms with E-state index >= 15 is 0 Å².